The number of rotatable bonds is 6. The summed E-state index contributed by atoms with van der Waals surface area (Å²) in [4.78, 5) is 4.60. The number of aromatic nitrogens is 3. The molecule has 156 valence electrons. The predicted octanol–water partition coefficient (Wildman–Crippen LogP) is 4.27. The van der Waals surface area contributed by atoms with Crippen molar-refractivity contribution in [3.05, 3.63) is 42.0 Å². The highest BCUT2D eigenvalue weighted by atomic mass is 32.2. The number of aromatic hydroxyl groups is 1. The molecule has 30 heavy (non-hydrogen) atoms. The average Bonchev–Trinajstić information content (AvgIpc) is 2.94. The molecule has 9 heteroatoms. The van der Waals surface area contributed by atoms with E-state index >= 15 is 0 Å². The molecule has 2 heterocycles. The second-order valence-electron chi connectivity index (χ2n) is 6.56. The minimum absolute atomic E-state index is 0.0691. The van der Waals surface area contributed by atoms with Gasteiger partial charge in [0.15, 0.2) is 23.4 Å². The molecule has 1 aliphatic rings. The molecule has 0 fully saturated rings. The van der Waals surface area contributed by atoms with Crippen molar-refractivity contribution in [2.75, 3.05) is 25.3 Å². The SMILES string of the molecule is CCCSc1nnc2c(n1)O[C@@H](c1cc(OC)c(O)c(OC)c1)Nc1ccccc1-2. The maximum Gasteiger partial charge on any atom is 0.247 e. The molecule has 2 aromatic carbocycles. The maximum absolute atomic E-state index is 10.3. The van der Waals surface area contributed by atoms with Crippen LogP contribution in [-0.2, 0) is 0 Å². The lowest BCUT2D eigenvalue weighted by Gasteiger charge is -2.21. The molecule has 1 aromatic heterocycles. The quantitative estimate of drug-likeness (QED) is 0.560. The number of nitrogens with one attached hydrogen (secondary N) is 1. The second kappa shape index (κ2) is 8.66. The molecule has 0 aliphatic carbocycles. The Hall–Kier alpha value is -3.20. The predicted molar refractivity (Wildman–Crippen MR) is 114 cm³/mol. The van der Waals surface area contributed by atoms with E-state index in [0.29, 0.717) is 22.3 Å². The Labute approximate surface area is 178 Å². The average molecular weight is 426 g/mol. The summed E-state index contributed by atoms with van der Waals surface area (Å²) in [5, 5.41) is 22.8. The van der Waals surface area contributed by atoms with Crippen LogP contribution in [0.25, 0.3) is 11.3 Å². The summed E-state index contributed by atoms with van der Waals surface area (Å²) in [6.45, 7) is 2.10. The normalized spacial score (nSPS) is 14.6. The Morgan fingerprint density at radius 3 is 2.57 bits per heavy atom. The van der Waals surface area contributed by atoms with Crippen LogP contribution in [0, 0.1) is 0 Å². The molecule has 1 atom stereocenters. The van der Waals surface area contributed by atoms with Crippen molar-refractivity contribution >= 4 is 17.4 Å². The first-order valence-electron chi connectivity index (χ1n) is 9.49. The van der Waals surface area contributed by atoms with E-state index in [1.807, 2.05) is 24.3 Å². The molecule has 2 N–H and O–H groups in total. The molecule has 0 unspecified atom stereocenters. The van der Waals surface area contributed by atoms with E-state index in [2.05, 4.69) is 27.4 Å². The van der Waals surface area contributed by atoms with E-state index in [-0.39, 0.29) is 17.2 Å². The number of ether oxygens (including phenoxy) is 3. The fourth-order valence-corrected chi connectivity index (χ4v) is 3.75. The molecule has 3 aromatic rings. The lowest BCUT2D eigenvalue weighted by molar-refractivity contribution is 0.223. The fraction of sp³-hybridized carbons (Fsp3) is 0.286. The number of hydrogen-bond donors (Lipinski definition) is 2. The minimum atomic E-state index is -0.614. The third kappa shape index (κ3) is 3.80. The summed E-state index contributed by atoms with van der Waals surface area (Å²) in [6.07, 6.45) is 0.392. The van der Waals surface area contributed by atoms with E-state index < -0.39 is 6.23 Å². The zero-order chi connectivity index (χ0) is 21.1. The van der Waals surface area contributed by atoms with Gasteiger partial charge in [0.1, 0.15) is 0 Å². The second-order valence-corrected chi connectivity index (χ2v) is 7.62. The van der Waals surface area contributed by atoms with E-state index in [0.717, 1.165) is 23.4 Å². The van der Waals surface area contributed by atoms with Gasteiger partial charge in [-0.25, -0.2) is 0 Å². The summed E-state index contributed by atoms with van der Waals surface area (Å²) in [5.74, 6) is 1.78. The summed E-state index contributed by atoms with van der Waals surface area (Å²) in [6, 6.07) is 11.1. The van der Waals surface area contributed by atoms with Gasteiger partial charge in [-0.2, -0.15) is 4.98 Å². The van der Waals surface area contributed by atoms with Gasteiger partial charge in [-0.1, -0.05) is 36.9 Å². The summed E-state index contributed by atoms with van der Waals surface area (Å²) in [5.41, 5.74) is 2.95. The van der Waals surface area contributed by atoms with Gasteiger partial charge in [0, 0.05) is 22.6 Å². The van der Waals surface area contributed by atoms with Crippen molar-refractivity contribution in [1.82, 2.24) is 15.2 Å². The van der Waals surface area contributed by atoms with Crippen LogP contribution in [0.15, 0.2) is 41.6 Å². The van der Waals surface area contributed by atoms with Crippen molar-refractivity contribution in [3.63, 3.8) is 0 Å². The number of para-hydroxylation sites is 1. The van der Waals surface area contributed by atoms with Crippen molar-refractivity contribution in [2.24, 2.45) is 0 Å². The Balaban J connectivity index is 1.81. The van der Waals surface area contributed by atoms with Crippen LogP contribution in [0.4, 0.5) is 5.69 Å². The van der Waals surface area contributed by atoms with E-state index in [1.54, 1.807) is 12.1 Å². The molecular formula is C21H22N4O4S. The molecule has 8 nitrogen and oxygen atoms in total. The van der Waals surface area contributed by atoms with Crippen molar-refractivity contribution in [1.29, 1.82) is 0 Å². The van der Waals surface area contributed by atoms with Crippen LogP contribution in [0.1, 0.15) is 25.1 Å². The molecule has 0 bridgehead atoms. The zero-order valence-electron chi connectivity index (χ0n) is 16.9. The van der Waals surface area contributed by atoms with Gasteiger partial charge in [0.25, 0.3) is 0 Å². The van der Waals surface area contributed by atoms with Gasteiger partial charge in [-0.05, 0) is 24.6 Å². The lowest BCUT2D eigenvalue weighted by atomic mass is 10.1. The number of nitrogens with zero attached hydrogens (tertiary/aromatic N) is 3. The van der Waals surface area contributed by atoms with Crippen molar-refractivity contribution < 1.29 is 19.3 Å². The molecule has 0 spiro atoms. The van der Waals surface area contributed by atoms with Gasteiger partial charge in [-0.15, -0.1) is 10.2 Å². The molecule has 0 amide bonds. The first-order valence-corrected chi connectivity index (χ1v) is 10.5. The number of benzene rings is 2. The maximum atomic E-state index is 10.3. The standard InChI is InChI=1S/C21H22N4O4S/c1-4-9-30-21-23-20-17(24-25-21)13-7-5-6-8-14(13)22-19(29-20)12-10-15(27-2)18(26)16(11-12)28-3/h5-8,10-11,19,22,26H,4,9H2,1-3H3/t19-/m0/s1. The molecule has 1 aliphatic heterocycles. The number of fused-ring (bicyclic) bond motifs is 3. The third-order valence-corrected chi connectivity index (χ3v) is 5.62. The molecule has 0 saturated carbocycles. The summed E-state index contributed by atoms with van der Waals surface area (Å²) >= 11 is 1.53. The number of phenols is 1. The first-order chi connectivity index (χ1) is 14.6. The van der Waals surface area contributed by atoms with Gasteiger partial charge in [0.05, 0.1) is 14.2 Å². The number of methoxy groups -OCH3 is 2. The molecule has 4 rings (SSSR count). The van der Waals surface area contributed by atoms with Crippen molar-refractivity contribution in [3.8, 4) is 34.4 Å². The topological polar surface area (TPSA) is 98.6 Å². The molecular weight excluding hydrogens is 404 g/mol. The molecule has 0 saturated heterocycles. The Morgan fingerprint density at radius 2 is 1.87 bits per heavy atom. The van der Waals surface area contributed by atoms with Crippen LogP contribution in [0.2, 0.25) is 0 Å². The van der Waals surface area contributed by atoms with Crippen LogP contribution in [0.3, 0.4) is 0 Å². The number of anilines is 1. The highest BCUT2D eigenvalue weighted by molar-refractivity contribution is 7.99. The van der Waals surface area contributed by atoms with Crippen LogP contribution < -0.4 is 19.5 Å². The van der Waals surface area contributed by atoms with Crippen LogP contribution in [0.5, 0.6) is 23.1 Å². The minimum Gasteiger partial charge on any atom is -0.502 e. The fourth-order valence-electron chi connectivity index (χ4n) is 3.12. The summed E-state index contributed by atoms with van der Waals surface area (Å²) < 4.78 is 16.8. The lowest BCUT2D eigenvalue weighted by Crippen LogP contribution is -2.17. The summed E-state index contributed by atoms with van der Waals surface area (Å²) in [7, 11) is 2.97. The van der Waals surface area contributed by atoms with E-state index in [1.165, 1.54) is 26.0 Å². The van der Waals surface area contributed by atoms with E-state index in [9.17, 15) is 5.11 Å². The first kappa shape index (κ1) is 20.1. The largest absolute Gasteiger partial charge is 0.502 e. The highest BCUT2D eigenvalue weighted by Crippen LogP contribution is 2.43. The van der Waals surface area contributed by atoms with Crippen LogP contribution >= 0.6 is 11.8 Å². The number of phenolic OH excluding ortho intramolecular Hbond substituents is 1. The van der Waals surface area contributed by atoms with E-state index in [4.69, 9.17) is 14.2 Å². The Bertz CT molecular complexity index is 1040. The smallest absolute Gasteiger partial charge is 0.247 e. The highest BCUT2D eigenvalue weighted by Gasteiger charge is 2.27. The zero-order valence-corrected chi connectivity index (χ0v) is 17.7. The van der Waals surface area contributed by atoms with Crippen LogP contribution in [-0.4, -0.2) is 40.3 Å². The van der Waals surface area contributed by atoms with Gasteiger partial charge >= 0.3 is 0 Å². The number of thioether (sulfide) groups is 1. The Morgan fingerprint density at radius 1 is 1.13 bits per heavy atom. The monoisotopic (exact) mass is 426 g/mol. The number of hydrogen-bond acceptors (Lipinski definition) is 9. The van der Waals surface area contributed by atoms with Crippen molar-refractivity contribution in [2.45, 2.75) is 24.7 Å². The van der Waals surface area contributed by atoms with Gasteiger partial charge in [0.2, 0.25) is 16.8 Å². The Kier molecular flexibility index (Phi) is 5.80. The third-order valence-electron chi connectivity index (χ3n) is 4.57. The van der Waals surface area contributed by atoms with Gasteiger partial charge < -0.3 is 24.6 Å². The van der Waals surface area contributed by atoms with Gasteiger partial charge in [-0.3, -0.25) is 0 Å². The molecule has 0 radical (unpaired) electrons.